The molecule has 0 bridgehead atoms. The highest BCUT2D eigenvalue weighted by Crippen LogP contribution is 2.27. The van der Waals surface area contributed by atoms with Gasteiger partial charge in [-0.15, -0.1) is 10.2 Å². The van der Waals surface area contributed by atoms with Gasteiger partial charge in [-0.25, -0.2) is 4.39 Å². The van der Waals surface area contributed by atoms with Gasteiger partial charge in [0.15, 0.2) is 5.82 Å². The summed E-state index contributed by atoms with van der Waals surface area (Å²) < 4.78 is 19.2. The van der Waals surface area contributed by atoms with Crippen LogP contribution >= 0.6 is 0 Å². The maximum atomic E-state index is 13.1. The summed E-state index contributed by atoms with van der Waals surface area (Å²) in [5.74, 6) is 0.283. The van der Waals surface area contributed by atoms with E-state index in [1.807, 2.05) is 24.3 Å². The lowest BCUT2D eigenvalue weighted by Crippen LogP contribution is -2.34. The molecule has 1 fully saturated rings. The number of fused-ring (bicyclic) bond motifs is 1. The summed E-state index contributed by atoms with van der Waals surface area (Å²) in [6, 6.07) is 14.9. The third kappa shape index (κ3) is 4.96. The number of nitrogens with one attached hydrogen (secondary N) is 2. The van der Waals surface area contributed by atoms with Crippen LogP contribution in [0.4, 0.5) is 10.2 Å². The van der Waals surface area contributed by atoms with Crippen LogP contribution < -0.4 is 15.4 Å². The van der Waals surface area contributed by atoms with E-state index in [-0.39, 0.29) is 12.0 Å². The van der Waals surface area contributed by atoms with E-state index in [1.165, 1.54) is 24.3 Å². The molecule has 1 aliphatic rings. The SMILES string of the molecule is O=C(Nc1cc2cc(-c3cncc(OC4CCNCC4)c3)ccc2nn1)c1ccc(F)cc1. The Kier molecular flexibility index (Phi) is 5.91. The van der Waals surface area contributed by atoms with Crippen LogP contribution in [-0.2, 0) is 0 Å². The molecule has 0 spiro atoms. The maximum absolute atomic E-state index is 13.1. The average Bonchev–Trinajstić information content (AvgIpc) is 2.85. The molecule has 1 saturated heterocycles. The number of amides is 1. The molecule has 0 saturated carbocycles. The number of benzene rings is 2. The van der Waals surface area contributed by atoms with Crippen molar-refractivity contribution in [2.45, 2.75) is 18.9 Å². The molecule has 2 N–H and O–H groups in total. The van der Waals surface area contributed by atoms with Gasteiger partial charge >= 0.3 is 0 Å². The normalized spacial score (nSPS) is 14.2. The van der Waals surface area contributed by atoms with Crippen molar-refractivity contribution in [2.75, 3.05) is 18.4 Å². The Morgan fingerprint density at radius 2 is 1.79 bits per heavy atom. The third-order valence-corrected chi connectivity index (χ3v) is 5.57. The van der Waals surface area contributed by atoms with Crippen LogP contribution in [0.5, 0.6) is 5.75 Å². The lowest BCUT2D eigenvalue weighted by atomic mass is 10.0. The topological polar surface area (TPSA) is 89.0 Å². The quantitative estimate of drug-likeness (QED) is 0.480. The van der Waals surface area contributed by atoms with Gasteiger partial charge in [-0.3, -0.25) is 9.78 Å². The first-order valence-electron chi connectivity index (χ1n) is 10.8. The minimum Gasteiger partial charge on any atom is -0.489 e. The number of hydrogen-bond acceptors (Lipinski definition) is 6. The van der Waals surface area contributed by atoms with Gasteiger partial charge in [0.25, 0.3) is 5.91 Å². The number of rotatable bonds is 5. The van der Waals surface area contributed by atoms with Crippen molar-refractivity contribution in [2.24, 2.45) is 0 Å². The Hall–Kier alpha value is -3.91. The minimum absolute atomic E-state index is 0.197. The molecule has 3 heterocycles. The Morgan fingerprint density at radius 1 is 0.970 bits per heavy atom. The molecule has 5 rings (SSSR count). The van der Waals surface area contributed by atoms with E-state index in [9.17, 15) is 9.18 Å². The smallest absolute Gasteiger partial charge is 0.256 e. The Bertz CT molecular complexity index is 1290. The second kappa shape index (κ2) is 9.30. The molecule has 1 aliphatic heterocycles. The summed E-state index contributed by atoms with van der Waals surface area (Å²) in [7, 11) is 0. The van der Waals surface area contributed by atoms with E-state index in [4.69, 9.17) is 4.74 Å². The van der Waals surface area contributed by atoms with Gasteiger partial charge in [-0.05, 0) is 80.0 Å². The molecular weight excluding hydrogens is 421 g/mol. The first-order valence-corrected chi connectivity index (χ1v) is 10.8. The summed E-state index contributed by atoms with van der Waals surface area (Å²) in [5.41, 5.74) is 2.92. The molecule has 0 aliphatic carbocycles. The zero-order valence-electron chi connectivity index (χ0n) is 17.8. The zero-order chi connectivity index (χ0) is 22.6. The van der Waals surface area contributed by atoms with E-state index in [0.29, 0.717) is 16.9 Å². The summed E-state index contributed by atoms with van der Waals surface area (Å²) in [6.07, 6.45) is 5.68. The maximum Gasteiger partial charge on any atom is 0.256 e. The Morgan fingerprint density at radius 3 is 2.61 bits per heavy atom. The number of piperidine rings is 1. The van der Waals surface area contributed by atoms with Crippen molar-refractivity contribution in [1.82, 2.24) is 20.5 Å². The lowest BCUT2D eigenvalue weighted by molar-refractivity contribution is 0.102. The molecule has 166 valence electrons. The fraction of sp³-hybridized carbons (Fsp3) is 0.200. The second-order valence-electron chi connectivity index (χ2n) is 7.94. The summed E-state index contributed by atoms with van der Waals surface area (Å²) in [6.45, 7) is 1.92. The van der Waals surface area contributed by atoms with Gasteiger partial charge in [-0.1, -0.05) is 6.07 Å². The predicted octanol–water partition coefficient (Wildman–Crippen LogP) is 4.21. The zero-order valence-corrected chi connectivity index (χ0v) is 17.8. The average molecular weight is 443 g/mol. The van der Waals surface area contributed by atoms with E-state index >= 15 is 0 Å². The molecule has 2 aromatic carbocycles. The van der Waals surface area contributed by atoms with Gasteiger partial charge in [0.05, 0.1) is 11.7 Å². The third-order valence-electron chi connectivity index (χ3n) is 5.57. The number of hydrogen-bond donors (Lipinski definition) is 2. The number of carbonyl (C=O) groups is 1. The van der Waals surface area contributed by atoms with Crippen LogP contribution in [0.25, 0.3) is 22.0 Å². The highest BCUT2D eigenvalue weighted by Gasteiger charge is 2.15. The fourth-order valence-electron chi connectivity index (χ4n) is 3.82. The molecule has 7 nitrogen and oxygen atoms in total. The monoisotopic (exact) mass is 443 g/mol. The highest BCUT2D eigenvalue weighted by atomic mass is 19.1. The summed E-state index contributed by atoms with van der Waals surface area (Å²) in [4.78, 5) is 16.8. The van der Waals surface area contributed by atoms with Crippen LogP contribution in [0.3, 0.4) is 0 Å². The number of anilines is 1. The first-order chi connectivity index (χ1) is 16.1. The lowest BCUT2D eigenvalue weighted by Gasteiger charge is -2.23. The summed E-state index contributed by atoms with van der Waals surface area (Å²) in [5, 5.41) is 15.1. The van der Waals surface area contributed by atoms with Crippen LogP contribution in [0.2, 0.25) is 0 Å². The van der Waals surface area contributed by atoms with Crippen molar-refractivity contribution in [3.05, 3.63) is 78.4 Å². The molecule has 4 aromatic rings. The largest absolute Gasteiger partial charge is 0.489 e. The van der Waals surface area contributed by atoms with Crippen LogP contribution in [0.15, 0.2) is 67.0 Å². The predicted molar refractivity (Wildman–Crippen MR) is 124 cm³/mol. The molecule has 0 atom stereocenters. The van der Waals surface area contributed by atoms with Crippen molar-refractivity contribution in [3.8, 4) is 16.9 Å². The molecule has 33 heavy (non-hydrogen) atoms. The summed E-state index contributed by atoms with van der Waals surface area (Å²) >= 11 is 0. The van der Waals surface area contributed by atoms with Gasteiger partial charge in [0.2, 0.25) is 0 Å². The van der Waals surface area contributed by atoms with E-state index < -0.39 is 5.82 Å². The number of carbonyl (C=O) groups excluding carboxylic acids is 1. The van der Waals surface area contributed by atoms with Crippen molar-refractivity contribution in [3.63, 3.8) is 0 Å². The Labute approximate surface area is 190 Å². The van der Waals surface area contributed by atoms with E-state index in [2.05, 4.69) is 25.8 Å². The molecule has 0 radical (unpaired) electrons. The van der Waals surface area contributed by atoms with Crippen molar-refractivity contribution >= 4 is 22.6 Å². The van der Waals surface area contributed by atoms with Gasteiger partial charge in [-0.2, -0.15) is 0 Å². The molecule has 2 aromatic heterocycles. The van der Waals surface area contributed by atoms with E-state index in [1.54, 1.807) is 18.5 Å². The molecular formula is C25H22FN5O2. The second-order valence-corrected chi connectivity index (χ2v) is 7.94. The molecule has 8 heteroatoms. The van der Waals surface area contributed by atoms with Gasteiger partial charge in [0, 0.05) is 22.7 Å². The van der Waals surface area contributed by atoms with Gasteiger partial charge < -0.3 is 15.4 Å². The first kappa shape index (κ1) is 21.0. The number of nitrogens with zero attached hydrogens (tertiary/aromatic N) is 3. The van der Waals surface area contributed by atoms with E-state index in [0.717, 1.165) is 48.2 Å². The number of halogens is 1. The number of aromatic nitrogens is 3. The van der Waals surface area contributed by atoms with Crippen LogP contribution in [0.1, 0.15) is 23.2 Å². The van der Waals surface area contributed by atoms with Crippen LogP contribution in [-0.4, -0.2) is 40.3 Å². The van der Waals surface area contributed by atoms with Crippen molar-refractivity contribution < 1.29 is 13.9 Å². The minimum atomic E-state index is -0.399. The van der Waals surface area contributed by atoms with Gasteiger partial charge in [0.1, 0.15) is 17.7 Å². The van der Waals surface area contributed by atoms with Crippen molar-refractivity contribution in [1.29, 1.82) is 0 Å². The standard InChI is InChI=1S/C25H22FN5O2/c26-20-4-1-16(2-5-20)25(32)29-24-13-18-11-17(3-6-23(18)30-31-24)19-12-22(15-28-14-19)33-21-7-9-27-10-8-21/h1-6,11-15,21,27H,7-10H2,(H,29,31,32). The Balaban J connectivity index is 1.37. The highest BCUT2D eigenvalue weighted by molar-refractivity contribution is 6.04. The fourth-order valence-corrected chi connectivity index (χ4v) is 3.82. The van der Waals surface area contributed by atoms with Crippen LogP contribution in [0, 0.1) is 5.82 Å². The number of ether oxygens (including phenoxy) is 1. The number of pyridine rings is 1. The molecule has 0 unspecified atom stereocenters. The molecule has 1 amide bonds.